The van der Waals surface area contributed by atoms with Gasteiger partial charge in [0, 0.05) is 19.6 Å². The molecule has 4 atom stereocenters. The molecule has 0 heterocycles. The molecule has 13 heteroatoms. The Bertz CT molecular complexity index is 1530. The van der Waals surface area contributed by atoms with Crippen molar-refractivity contribution in [3.63, 3.8) is 0 Å². The van der Waals surface area contributed by atoms with E-state index >= 15 is 0 Å². The molecule has 3 aromatic rings. The van der Waals surface area contributed by atoms with Gasteiger partial charge in [-0.15, -0.1) is 0 Å². The number of amides is 2. The van der Waals surface area contributed by atoms with E-state index in [9.17, 15) is 33.3 Å². The molecule has 0 radical (unpaired) electrons. The highest BCUT2D eigenvalue weighted by atomic mass is 32.2. The van der Waals surface area contributed by atoms with E-state index in [2.05, 4.69) is 10.5 Å². The maximum Gasteiger partial charge on any atom is 0.408 e. The Morgan fingerprint density at radius 2 is 1.43 bits per heavy atom. The molecular formula is C33H42N4O8S. The fourth-order valence-electron chi connectivity index (χ4n) is 5.06. The van der Waals surface area contributed by atoms with Crippen molar-refractivity contribution in [2.24, 2.45) is 11.1 Å². The molecule has 3 aromatic carbocycles. The van der Waals surface area contributed by atoms with Crippen molar-refractivity contribution in [3.05, 3.63) is 102 Å². The molecule has 46 heavy (non-hydrogen) atoms. The fourth-order valence-corrected chi connectivity index (χ4v) is 6.68. The van der Waals surface area contributed by atoms with Crippen molar-refractivity contribution in [2.75, 3.05) is 13.1 Å². The minimum Gasteiger partial charge on any atom is -0.465 e. The monoisotopic (exact) mass is 654 g/mol. The van der Waals surface area contributed by atoms with E-state index in [4.69, 9.17) is 5.21 Å². The van der Waals surface area contributed by atoms with Crippen molar-refractivity contribution in [1.29, 1.82) is 0 Å². The molecule has 3 rings (SSSR count). The van der Waals surface area contributed by atoms with Gasteiger partial charge in [-0.3, -0.25) is 9.69 Å². The fraction of sp³-hybridized carbons (Fsp3) is 0.364. The van der Waals surface area contributed by atoms with Gasteiger partial charge in [0.15, 0.2) is 0 Å². The molecule has 0 aliphatic carbocycles. The van der Waals surface area contributed by atoms with Gasteiger partial charge in [-0.25, -0.2) is 13.2 Å². The normalized spacial score (nSPS) is 14.6. The van der Waals surface area contributed by atoms with E-state index in [-0.39, 0.29) is 36.9 Å². The number of benzene rings is 3. The molecule has 248 valence electrons. The van der Waals surface area contributed by atoms with E-state index in [0.29, 0.717) is 11.1 Å². The summed E-state index contributed by atoms with van der Waals surface area (Å²) in [7, 11) is -4.12. The highest BCUT2D eigenvalue weighted by molar-refractivity contribution is 7.89. The average Bonchev–Trinajstić information content (AvgIpc) is 3.01. The van der Waals surface area contributed by atoms with E-state index in [1.807, 2.05) is 13.8 Å². The zero-order valence-electron chi connectivity index (χ0n) is 26.0. The predicted molar refractivity (Wildman–Crippen MR) is 173 cm³/mol. The van der Waals surface area contributed by atoms with Crippen molar-refractivity contribution >= 4 is 28.2 Å². The summed E-state index contributed by atoms with van der Waals surface area (Å²) < 4.78 is 28.6. The Morgan fingerprint density at radius 1 is 0.870 bits per heavy atom. The van der Waals surface area contributed by atoms with Gasteiger partial charge in [-0.2, -0.15) is 4.31 Å². The van der Waals surface area contributed by atoms with Crippen LogP contribution in [0, 0.1) is 5.92 Å². The van der Waals surface area contributed by atoms with Crippen LogP contribution >= 0.6 is 0 Å². The highest BCUT2D eigenvalue weighted by Crippen LogP contribution is 2.20. The molecule has 5 N–H and O–H groups in total. The van der Waals surface area contributed by atoms with E-state index < -0.39 is 46.3 Å². The molecule has 0 aliphatic rings. The number of sulfonamides is 1. The van der Waals surface area contributed by atoms with Gasteiger partial charge in [0.1, 0.15) is 6.04 Å². The maximum absolute atomic E-state index is 13.8. The summed E-state index contributed by atoms with van der Waals surface area (Å²) in [5.41, 5.74) is 1.83. The van der Waals surface area contributed by atoms with Crippen LogP contribution < -0.4 is 5.32 Å². The number of hydrogen-bond acceptors (Lipinski definition) is 8. The first-order valence-corrected chi connectivity index (χ1v) is 16.3. The number of nitrogens with one attached hydrogen (secondary N) is 1. The number of aliphatic hydroxyl groups excluding tert-OH is 2. The summed E-state index contributed by atoms with van der Waals surface area (Å²) in [5.74, 6) is -0.959. The number of nitrogens with zero attached hydrogens (tertiary/aromatic N) is 3. The SMILES string of the molecule is CC(C)CN(C[C@@H](O)[C@H](Cc1ccccc1)NC(=O)[C@H]([C@@H](C)O)N(Cc1ccccc1)C(=O)O)S(=O)(=O)c1ccc(/C=N/O)cc1. The zero-order valence-corrected chi connectivity index (χ0v) is 26.9. The van der Waals surface area contributed by atoms with Gasteiger partial charge in [-0.05, 0) is 48.1 Å². The van der Waals surface area contributed by atoms with Crippen LogP contribution in [0.5, 0.6) is 0 Å². The molecule has 0 saturated heterocycles. The quantitative estimate of drug-likeness (QED) is 0.0888. The Balaban J connectivity index is 1.94. The van der Waals surface area contributed by atoms with Gasteiger partial charge in [0.2, 0.25) is 15.9 Å². The molecule has 0 saturated carbocycles. The van der Waals surface area contributed by atoms with Crippen LogP contribution in [0.1, 0.15) is 37.5 Å². The van der Waals surface area contributed by atoms with Crippen molar-refractivity contribution in [2.45, 2.75) is 62.9 Å². The van der Waals surface area contributed by atoms with Crippen LogP contribution in [0.15, 0.2) is 95.0 Å². The van der Waals surface area contributed by atoms with E-state index in [1.54, 1.807) is 60.7 Å². The smallest absolute Gasteiger partial charge is 0.408 e. The number of carbonyl (C=O) groups is 2. The molecular weight excluding hydrogens is 612 g/mol. The number of rotatable bonds is 16. The average molecular weight is 655 g/mol. The lowest BCUT2D eigenvalue weighted by Crippen LogP contribution is -2.59. The maximum atomic E-state index is 13.8. The summed E-state index contributed by atoms with van der Waals surface area (Å²) in [6.07, 6.45) is -3.01. The summed E-state index contributed by atoms with van der Waals surface area (Å²) in [6, 6.07) is 20.7. The lowest BCUT2D eigenvalue weighted by atomic mass is 9.99. The van der Waals surface area contributed by atoms with E-state index in [1.165, 1.54) is 31.2 Å². The number of carbonyl (C=O) groups excluding carboxylic acids is 1. The number of hydrogen-bond donors (Lipinski definition) is 5. The van der Waals surface area contributed by atoms with Gasteiger partial charge < -0.3 is 25.8 Å². The lowest BCUT2D eigenvalue weighted by Gasteiger charge is -2.34. The molecule has 0 aromatic heterocycles. The second-order valence-electron chi connectivity index (χ2n) is 11.5. The molecule has 0 fully saturated rings. The Kier molecular flexibility index (Phi) is 13.2. The topological polar surface area (TPSA) is 180 Å². The summed E-state index contributed by atoms with van der Waals surface area (Å²) in [5, 5.41) is 46.7. The van der Waals surface area contributed by atoms with Crippen molar-refractivity contribution < 1.29 is 38.5 Å². The molecule has 0 bridgehead atoms. The number of aliphatic hydroxyl groups is 2. The minimum atomic E-state index is -4.12. The van der Waals surface area contributed by atoms with Crippen LogP contribution in [0.25, 0.3) is 0 Å². The largest absolute Gasteiger partial charge is 0.465 e. The first kappa shape index (κ1) is 36.2. The van der Waals surface area contributed by atoms with Gasteiger partial charge >= 0.3 is 6.09 Å². The third-order valence-electron chi connectivity index (χ3n) is 7.28. The number of carboxylic acid groups (broad SMARTS) is 1. The molecule has 12 nitrogen and oxygen atoms in total. The van der Waals surface area contributed by atoms with Crippen molar-refractivity contribution in [3.8, 4) is 0 Å². The highest BCUT2D eigenvalue weighted by Gasteiger charge is 2.37. The standard InChI is InChI=1S/C33H42N4O8S/c1-23(2)20-36(46(44,45)28-16-14-26(15-17-28)19-34-43)22-30(39)29(18-25-10-6-4-7-11-25)35-32(40)31(24(3)38)37(33(41)42)21-27-12-8-5-9-13-27/h4-17,19,23-24,29-31,38-39,43H,18,20-22H2,1-3H3,(H,35,40)(H,41,42)/b34-19+/t24-,29+,30-,31+/m1/s1. The third-order valence-corrected chi connectivity index (χ3v) is 9.12. The lowest BCUT2D eigenvalue weighted by molar-refractivity contribution is -0.131. The van der Waals surface area contributed by atoms with Crippen molar-refractivity contribution in [1.82, 2.24) is 14.5 Å². The molecule has 0 aliphatic heterocycles. The first-order chi connectivity index (χ1) is 21.8. The van der Waals surface area contributed by atoms with Crippen LogP contribution in [-0.4, -0.2) is 93.7 Å². The summed E-state index contributed by atoms with van der Waals surface area (Å²) in [6.45, 7) is 4.48. The molecule has 0 unspecified atom stereocenters. The van der Waals surface area contributed by atoms with E-state index in [0.717, 1.165) is 21.0 Å². The third kappa shape index (κ3) is 10.1. The zero-order chi connectivity index (χ0) is 33.9. The molecule has 0 spiro atoms. The van der Waals surface area contributed by atoms with Gasteiger partial charge in [0.25, 0.3) is 0 Å². The first-order valence-electron chi connectivity index (χ1n) is 14.8. The Morgan fingerprint density at radius 3 is 1.93 bits per heavy atom. The second-order valence-corrected chi connectivity index (χ2v) is 13.4. The Hall–Kier alpha value is -4.30. The summed E-state index contributed by atoms with van der Waals surface area (Å²) >= 11 is 0. The Labute approximate surface area is 269 Å². The second kappa shape index (κ2) is 16.9. The summed E-state index contributed by atoms with van der Waals surface area (Å²) in [4.78, 5) is 26.9. The number of oxime groups is 1. The van der Waals surface area contributed by atoms with Gasteiger partial charge in [0.05, 0.1) is 29.4 Å². The van der Waals surface area contributed by atoms with Crippen LogP contribution in [0.2, 0.25) is 0 Å². The van der Waals surface area contributed by atoms with Crippen LogP contribution in [0.4, 0.5) is 4.79 Å². The minimum absolute atomic E-state index is 0.0359. The van der Waals surface area contributed by atoms with Crippen LogP contribution in [0.3, 0.4) is 0 Å². The van der Waals surface area contributed by atoms with Gasteiger partial charge in [-0.1, -0.05) is 91.8 Å². The molecule has 2 amide bonds. The van der Waals surface area contributed by atoms with Crippen LogP contribution in [-0.2, 0) is 27.8 Å². The predicted octanol–water partition coefficient (Wildman–Crippen LogP) is 3.16.